The molecular weight excluding hydrogens is 272 g/mol. The lowest BCUT2D eigenvalue weighted by Crippen LogP contribution is -2.08. The van der Waals surface area contributed by atoms with Gasteiger partial charge in [-0.25, -0.2) is 0 Å². The second-order valence-corrected chi connectivity index (χ2v) is 5.21. The maximum atomic E-state index is 12.3. The first-order valence-electron chi connectivity index (χ1n) is 6.89. The van der Waals surface area contributed by atoms with Crippen molar-refractivity contribution in [2.24, 2.45) is 7.05 Å². The highest BCUT2D eigenvalue weighted by molar-refractivity contribution is 6.32. The van der Waals surface area contributed by atoms with E-state index in [2.05, 4.69) is 12.0 Å². The number of benzene rings is 1. The molecule has 3 nitrogen and oxygen atoms in total. The number of halogens is 1. The summed E-state index contributed by atoms with van der Waals surface area (Å²) in [6, 6.07) is 7.75. The van der Waals surface area contributed by atoms with Gasteiger partial charge < -0.3 is 0 Å². The largest absolute Gasteiger partial charge is 0.294 e. The number of hydrogen-bond donors (Lipinski definition) is 0. The van der Waals surface area contributed by atoms with E-state index in [-0.39, 0.29) is 12.2 Å². The number of hydrogen-bond acceptors (Lipinski definition) is 2. The molecule has 0 saturated carbocycles. The lowest BCUT2D eigenvalue weighted by atomic mass is 10.0. The molecule has 0 amide bonds. The molecular formula is C16H19ClN2O. The van der Waals surface area contributed by atoms with E-state index in [1.165, 1.54) is 5.56 Å². The molecule has 0 bridgehead atoms. The van der Waals surface area contributed by atoms with Gasteiger partial charge in [-0.05, 0) is 18.4 Å². The van der Waals surface area contributed by atoms with Gasteiger partial charge in [0.2, 0.25) is 0 Å². The van der Waals surface area contributed by atoms with Crippen LogP contribution < -0.4 is 0 Å². The summed E-state index contributed by atoms with van der Waals surface area (Å²) in [6.07, 6.45) is 2.03. The molecule has 4 heteroatoms. The average molecular weight is 291 g/mol. The number of ketones is 1. The first kappa shape index (κ1) is 14.8. The minimum Gasteiger partial charge on any atom is -0.294 e. The topological polar surface area (TPSA) is 34.9 Å². The van der Waals surface area contributed by atoms with Crippen molar-refractivity contribution in [3.05, 3.63) is 51.8 Å². The van der Waals surface area contributed by atoms with Gasteiger partial charge in [0.1, 0.15) is 0 Å². The lowest BCUT2D eigenvalue weighted by molar-refractivity contribution is 0.0990. The Balaban J connectivity index is 2.20. The number of rotatable bonds is 5. The molecule has 1 heterocycles. The van der Waals surface area contributed by atoms with Crippen molar-refractivity contribution in [1.29, 1.82) is 0 Å². The number of aryl methyl sites for hydroxylation is 3. The maximum absolute atomic E-state index is 12.3. The van der Waals surface area contributed by atoms with Crippen LogP contribution in [-0.2, 0) is 26.3 Å². The molecule has 0 aliphatic rings. The van der Waals surface area contributed by atoms with Crippen molar-refractivity contribution in [1.82, 2.24) is 9.78 Å². The summed E-state index contributed by atoms with van der Waals surface area (Å²) in [4.78, 5) is 12.3. The van der Waals surface area contributed by atoms with E-state index < -0.39 is 0 Å². The Morgan fingerprint density at radius 2 is 1.85 bits per heavy atom. The molecule has 0 radical (unpaired) electrons. The highest BCUT2D eigenvalue weighted by atomic mass is 35.5. The highest BCUT2D eigenvalue weighted by Gasteiger charge is 2.17. The smallest absolute Gasteiger partial charge is 0.168 e. The Bertz CT molecular complexity index is 614. The van der Waals surface area contributed by atoms with E-state index in [9.17, 15) is 4.79 Å². The van der Waals surface area contributed by atoms with Crippen molar-refractivity contribution < 1.29 is 4.79 Å². The van der Waals surface area contributed by atoms with Crippen LogP contribution in [-0.4, -0.2) is 15.6 Å². The summed E-state index contributed by atoms with van der Waals surface area (Å²) in [7, 11) is 1.83. The molecule has 0 unspecified atom stereocenters. The highest BCUT2D eigenvalue weighted by Crippen LogP contribution is 2.22. The standard InChI is InChI=1S/C16H19ClN2O/c1-4-11-6-8-12(9-7-11)15(20)10-14-16(17)13(5-2)18-19(14)3/h6-9H,4-5,10H2,1-3H3. The van der Waals surface area contributed by atoms with Crippen molar-refractivity contribution in [3.8, 4) is 0 Å². The third kappa shape index (κ3) is 2.93. The van der Waals surface area contributed by atoms with Crippen LogP contribution in [0.25, 0.3) is 0 Å². The van der Waals surface area contributed by atoms with Crippen LogP contribution >= 0.6 is 11.6 Å². The van der Waals surface area contributed by atoms with Gasteiger partial charge in [-0.15, -0.1) is 0 Å². The Hall–Kier alpha value is -1.61. The number of nitrogens with zero attached hydrogens (tertiary/aromatic N) is 2. The fourth-order valence-corrected chi connectivity index (χ4v) is 2.55. The molecule has 1 aromatic carbocycles. The zero-order valence-corrected chi connectivity index (χ0v) is 12.9. The molecule has 0 atom stereocenters. The summed E-state index contributed by atoms with van der Waals surface area (Å²) in [5.41, 5.74) is 3.58. The summed E-state index contributed by atoms with van der Waals surface area (Å²) < 4.78 is 1.71. The van der Waals surface area contributed by atoms with Crippen LogP contribution in [0.5, 0.6) is 0 Å². The fraction of sp³-hybridized carbons (Fsp3) is 0.375. The van der Waals surface area contributed by atoms with E-state index in [0.717, 1.165) is 29.8 Å². The molecule has 106 valence electrons. The van der Waals surface area contributed by atoms with Crippen LogP contribution in [0.4, 0.5) is 0 Å². The third-order valence-corrected chi connectivity index (χ3v) is 3.95. The Morgan fingerprint density at radius 3 is 2.35 bits per heavy atom. The molecule has 2 rings (SSSR count). The lowest BCUT2D eigenvalue weighted by Gasteiger charge is -2.04. The second-order valence-electron chi connectivity index (χ2n) is 4.83. The SMILES string of the molecule is CCc1ccc(C(=O)Cc2c(Cl)c(CC)nn2C)cc1. The van der Waals surface area contributed by atoms with Crippen molar-refractivity contribution >= 4 is 17.4 Å². The molecule has 2 aromatic rings. The molecule has 0 aliphatic heterocycles. The molecule has 1 aromatic heterocycles. The van der Waals surface area contributed by atoms with Crippen LogP contribution in [0.2, 0.25) is 5.02 Å². The Morgan fingerprint density at radius 1 is 1.20 bits per heavy atom. The van der Waals surface area contributed by atoms with Gasteiger partial charge in [-0.3, -0.25) is 9.48 Å². The number of aromatic nitrogens is 2. The van der Waals surface area contributed by atoms with Gasteiger partial charge in [0.25, 0.3) is 0 Å². The van der Waals surface area contributed by atoms with Gasteiger partial charge in [0.15, 0.2) is 5.78 Å². The number of Topliss-reactive ketones (excluding diaryl/α,β-unsaturated/α-hetero) is 1. The van der Waals surface area contributed by atoms with Gasteiger partial charge >= 0.3 is 0 Å². The molecule has 0 fully saturated rings. The number of carbonyl (C=O) groups is 1. The van der Waals surface area contributed by atoms with Crippen LogP contribution in [0.15, 0.2) is 24.3 Å². The van der Waals surface area contributed by atoms with Crippen molar-refractivity contribution in [2.45, 2.75) is 33.1 Å². The van der Waals surface area contributed by atoms with E-state index in [4.69, 9.17) is 11.6 Å². The van der Waals surface area contributed by atoms with E-state index in [1.54, 1.807) is 4.68 Å². The zero-order chi connectivity index (χ0) is 14.7. The fourth-order valence-electron chi connectivity index (χ4n) is 2.19. The van der Waals surface area contributed by atoms with Gasteiger partial charge in [-0.2, -0.15) is 5.10 Å². The van der Waals surface area contributed by atoms with E-state index in [0.29, 0.717) is 5.02 Å². The minimum absolute atomic E-state index is 0.0696. The summed E-state index contributed by atoms with van der Waals surface area (Å²) >= 11 is 6.27. The molecule has 20 heavy (non-hydrogen) atoms. The van der Waals surface area contributed by atoms with Crippen LogP contribution in [0.1, 0.15) is 41.2 Å². The van der Waals surface area contributed by atoms with Crippen molar-refractivity contribution in [2.75, 3.05) is 0 Å². The van der Waals surface area contributed by atoms with Crippen LogP contribution in [0.3, 0.4) is 0 Å². The summed E-state index contributed by atoms with van der Waals surface area (Å²) in [5, 5.41) is 4.95. The van der Waals surface area contributed by atoms with E-state index in [1.807, 2.05) is 38.2 Å². The quantitative estimate of drug-likeness (QED) is 0.788. The maximum Gasteiger partial charge on any atom is 0.168 e. The predicted octanol–water partition coefficient (Wildman–Crippen LogP) is 3.62. The normalized spacial score (nSPS) is 10.8. The molecule has 0 saturated heterocycles. The predicted molar refractivity (Wildman–Crippen MR) is 81.5 cm³/mol. The zero-order valence-electron chi connectivity index (χ0n) is 12.1. The second kappa shape index (κ2) is 6.23. The summed E-state index contributed by atoms with van der Waals surface area (Å²) in [5.74, 6) is 0.0696. The monoisotopic (exact) mass is 290 g/mol. The molecule has 0 spiro atoms. The van der Waals surface area contributed by atoms with Gasteiger partial charge in [-0.1, -0.05) is 49.7 Å². The van der Waals surface area contributed by atoms with Gasteiger partial charge in [0, 0.05) is 12.6 Å². The number of carbonyl (C=O) groups excluding carboxylic acids is 1. The van der Waals surface area contributed by atoms with Crippen LogP contribution in [0, 0.1) is 0 Å². The Kier molecular flexibility index (Phi) is 4.61. The average Bonchev–Trinajstić information content (AvgIpc) is 2.74. The molecule has 0 N–H and O–H groups in total. The van der Waals surface area contributed by atoms with E-state index >= 15 is 0 Å². The minimum atomic E-state index is 0.0696. The first-order chi connectivity index (χ1) is 9.56. The van der Waals surface area contributed by atoms with Gasteiger partial charge in [0.05, 0.1) is 22.8 Å². The molecule has 0 aliphatic carbocycles. The van der Waals surface area contributed by atoms with Crippen molar-refractivity contribution in [3.63, 3.8) is 0 Å². The first-order valence-corrected chi connectivity index (χ1v) is 7.27. The summed E-state index contributed by atoms with van der Waals surface area (Å²) in [6.45, 7) is 4.10. The Labute approximate surface area is 124 Å². The third-order valence-electron chi connectivity index (χ3n) is 3.52.